The van der Waals surface area contributed by atoms with Gasteiger partial charge in [-0.3, -0.25) is 4.79 Å². The molecule has 0 radical (unpaired) electrons. The van der Waals surface area contributed by atoms with E-state index in [0.29, 0.717) is 10.5 Å². The number of furan rings is 1. The van der Waals surface area contributed by atoms with E-state index in [2.05, 4.69) is 0 Å². The molecule has 5 heteroatoms. The number of rotatable bonds is 3. The minimum Gasteiger partial charge on any atom is -0.623 e. The Morgan fingerprint density at radius 1 is 1.85 bits per heavy atom. The van der Waals surface area contributed by atoms with Gasteiger partial charge in [0.15, 0.2) is 5.76 Å². The van der Waals surface area contributed by atoms with Crippen molar-refractivity contribution in [3.05, 3.63) is 29.4 Å². The SMILES string of the molecule is CC(C(N)=O)/[N+]([O-])=C/c1ccco1. The van der Waals surface area contributed by atoms with Gasteiger partial charge in [-0.1, -0.05) is 0 Å². The molecule has 0 aromatic carbocycles. The van der Waals surface area contributed by atoms with Crippen LogP contribution in [-0.2, 0) is 4.79 Å². The number of amides is 1. The van der Waals surface area contributed by atoms with E-state index >= 15 is 0 Å². The number of primary amides is 1. The molecule has 5 nitrogen and oxygen atoms in total. The molecule has 0 fully saturated rings. The average molecular weight is 182 g/mol. The molecule has 1 aromatic heterocycles. The summed E-state index contributed by atoms with van der Waals surface area (Å²) in [7, 11) is 0. The average Bonchev–Trinajstić information content (AvgIpc) is 2.55. The summed E-state index contributed by atoms with van der Waals surface area (Å²) < 4.78 is 5.34. The Hall–Kier alpha value is -1.78. The first kappa shape index (κ1) is 9.31. The highest BCUT2D eigenvalue weighted by atomic mass is 16.5. The summed E-state index contributed by atoms with van der Waals surface area (Å²) in [5, 5.41) is 11.2. The van der Waals surface area contributed by atoms with Crippen LogP contribution in [-0.4, -0.2) is 22.9 Å². The predicted octanol–water partition coefficient (Wildman–Crippen LogP) is 0.0826. The third-order valence-corrected chi connectivity index (χ3v) is 1.59. The normalized spacial score (nSPS) is 14.1. The summed E-state index contributed by atoms with van der Waals surface area (Å²) in [5.41, 5.74) is 4.93. The van der Waals surface area contributed by atoms with Crippen LogP contribution in [0.1, 0.15) is 12.7 Å². The highest BCUT2D eigenvalue weighted by Gasteiger charge is 2.15. The first-order valence-electron chi connectivity index (χ1n) is 3.74. The Kier molecular flexibility index (Phi) is 2.69. The molecule has 0 aliphatic heterocycles. The van der Waals surface area contributed by atoms with Gasteiger partial charge in [-0.25, -0.2) is 0 Å². The quantitative estimate of drug-likeness (QED) is 0.311. The molecule has 13 heavy (non-hydrogen) atoms. The molecule has 1 aromatic rings. The number of nitrogens with zero attached hydrogens (tertiary/aromatic N) is 1. The van der Waals surface area contributed by atoms with Crippen LogP contribution in [0, 0.1) is 5.21 Å². The van der Waals surface area contributed by atoms with Gasteiger partial charge in [0, 0.05) is 6.92 Å². The van der Waals surface area contributed by atoms with Crippen molar-refractivity contribution < 1.29 is 14.0 Å². The summed E-state index contributed by atoms with van der Waals surface area (Å²) in [6.45, 7) is 1.43. The number of hydrogen-bond acceptors (Lipinski definition) is 3. The lowest BCUT2D eigenvalue weighted by Crippen LogP contribution is -2.34. The van der Waals surface area contributed by atoms with Crippen LogP contribution in [0.3, 0.4) is 0 Å². The van der Waals surface area contributed by atoms with Crippen LogP contribution in [0.2, 0.25) is 0 Å². The first-order chi connectivity index (χ1) is 6.11. The fourth-order valence-electron chi connectivity index (χ4n) is 0.727. The third-order valence-electron chi connectivity index (χ3n) is 1.59. The van der Waals surface area contributed by atoms with Crippen molar-refractivity contribution in [2.75, 3.05) is 0 Å². The van der Waals surface area contributed by atoms with Crippen molar-refractivity contribution in [1.29, 1.82) is 0 Å². The fraction of sp³-hybridized carbons (Fsp3) is 0.250. The zero-order valence-electron chi connectivity index (χ0n) is 7.14. The van der Waals surface area contributed by atoms with E-state index in [9.17, 15) is 10.0 Å². The summed E-state index contributed by atoms with van der Waals surface area (Å²) in [4.78, 5) is 10.6. The zero-order chi connectivity index (χ0) is 9.84. The molecule has 1 heterocycles. The Morgan fingerprint density at radius 2 is 2.54 bits per heavy atom. The molecule has 0 aliphatic carbocycles. The van der Waals surface area contributed by atoms with Gasteiger partial charge in [0.1, 0.15) is 0 Å². The lowest BCUT2D eigenvalue weighted by molar-refractivity contribution is -0.476. The second-order valence-corrected chi connectivity index (χ2v) is 2.58. The molecule has 0 spiro atoms. The second-order valence-electron chi connectivity index (χ2n) is 2.58. The summed E-state index contributed by atoms with van der Waals surface area (Å²) in [6, 6.07) is 2.37. The molecule has 0 saturated carbocycles. The number of hydroxylamine groups is 1. The molecule has 1 rings (SSSR count). The van der Waals surface area contributed by atoms with Gasteiger partial charge in [-0.15, -0.1) is 0 Å². The Bertz CT molecular complexity index is 316. The van der Waals surface area contributed by atoms with Gasteiger partial charge >= 0.3 is 0 Å². The molecule has 1 unspecified atom stereocenters. The van der Waals surface area contributed by atoms with E-state index in [1.807, 2.05) is 0 Å². The standard InChI is InChI=1S/C8H10N2O3/c1-6(8(9)11)10(12)5-7-3-2-4-13-7/h2-6H,1H3,(H2,9,11)/b10-5-. The number of nitrogens with two attached hydrogens (primary N) is 1. The smallest absolute Gasteiger partial charge is 0.287 e. The van der Waals surface area contributed by atoms with E-state index in [4.69, 9.17) is 10.2 Å². The Labute approximate surface area is 75.0 Å². The van der Waals surface area contributed by atoms with Crippen molar-refractivity contribution in [2.45, 2.75) is 13.0 Å². The van der Waals surface area contributed by atoms with E-state index in [0.717, 1.165) is 0 Å². The van der Waals surface area contributed by atoms with Crippen LogP contribution < -0.4 is 5.73 Å². The Morgan fingerprint density at radius 3 is 3.00 bits per heavy atom. The first-order valence-corrected chi connectivity index (χ1v) is 3.74. The number of carbonyl (C=O) groups excluding carboxylic acids is 1. The van der Waals surface area contributed by atoms with Crippen molar-refractivity contribution in [3.8, 4) is 0 Å². The Balaban J connectivity index is 2.78. The molecule has 70 valence electrons. The van der Waals surface area contributed by atoms with Gasteiger partial charge < -0.3 is 15.4 Å². The fourth-order valence-corrected chi connectivity index (χ4v) is 0.727. The summed E-state index contributed by atoms with van der Waals surface area (Å²) in [6.07, 6.45) is 2.62. The molecule has 2 N–H and O–H groups in total. The molecular formula is C8H10N2O3. The van der Waals surface area contributed by atoms with Gasteiger partial charge in [0.2, 0.25) is 12.3 Å². The van der Waals surface area contributed by atoms with E-state index < -0.39 is 11.9 Å². The van der Waals surface area contributed by atoms with Gasteiger partial charge in [0.05, 0.1) is 6.26 Å². The van der Waals surface area contributed by atoms with E-state index in [1.165, 1.54) is 19.4 Å². The van der Waals surface area contributed by atoms with E-state index in [1.54, 1.807) is 12.1 Å². The highest BCUT2D eigenvalue weighted by Crippen LogP contribution is 1.96. The molecule has 1 atom stereocenters. The third kappa shape index (κ3) is 2.33. The van der Waals surface area contributed by atoms with Crippen LogP contribution in [0.4, 0.5) is 0 Å². The van der Waals surface area contributed by atoms with Crippen LogP contribution in [0.15, 0.2) is 22.8 Å². The van der Waals surface area contributed by atoms with Gasteiger partial charge in [0.25, 0.3) is 5.91 Å². The topological polar surface area (TPSA) is 82.3 Å². The lowest BCUT2D eigenvalue weighted by atomic mass is 10.3. The highest BCUT2D eigenvalue weighted by molar-refractivity contribution is 5.79. The summed E-state index contributed by atoms with van der Waals surface area (Å²) >= 11 is 0. The van der Waals surface area contributed by atoms with Gasteiger partial charge in [-0.2, -0.15) is 4.74 Å². The molecule has 0 aliphatic rings. The van der Waals surface area contributed by atoms with Gasteiger partial charge in [-0.05, 0) is 12.1 Å². The van der Waals surface area contributed by atoms with Crippen LogP contribution in [0.25, 0.3) is 0 Å². The van der Waals surface area contributed by atoms with E-state index in [-0.39, 0.29) is 0 Å². The second kappa shape index (κ2) is 3.75. The molecular weight excluding hydrogens is 172 g/mol. The summed E-state index contributed by atoms with van der Waals surface area (Å²) in [5.74, 6) is -0.277. The molecule has 1 amide bonds. The maximum Gasteiger partial charge on any atom is 0.287 e. The van der Waals surface area contributed by atoms with Crippen molar-refractivity contribution in [2.24, 2.45) is 5.73 Å². The molecule has 0 bridgehead atoms. The lowest BCUT2D eigenvalue weighted by Gasteiger charge is -2.07. The van der Waals surface area contributed by atoms with Crippen molar-refractivity contribution in [1.82, 2.24) is 0 Å². The number of hydrogen-bond donors (Lipinski definition) is 1. The maximum absolute atomic E-state index is 11.2. The van der Waals surface area contributed by atoms with Crippen molar-refractivity contribution >= 4 is 12.1 Å². The zero-order valence-corrected chi connectivity index (χ0v) is 7.14. The van der Waals surface area contributed by atoms with Crippen LogP contribution >= 0.6 is 0 Å². The van der Waals surface area contributed by atoms with Crippen molar-refractivity contribution in [3.63, 3.8) is 0 Å². The maximum atomic E-state index is 11.2. The monoisotopic (exact) mass is 182 g/mol. The minimum absolute atomic E-state index is 0.392. The largest absolute Gasteiger partial charge is 0.623 e. The predicted molar refractivity (Wildman–Crippen MR) is 46.2 cm³/mol. The van der Waals surface area contributed by atoms with Crippen LogP contribution in [0.5, 0.6) is 0 Å². The molecule has 0 saturated heterocycles. The minimum atomic E-state index is -0.884. The number of carbonyl (C=O) groups is 1.